The third-order valence-corrected chi connectivity index (χ3v) is 3.98. The zero-order valence-electron chi connectivity index (χ0n) is 10.3. The zero-order valence-corrected chi connectivity index (χ0v) is 11.1. The van der Waals surface area contributed by atoms with Gasteiger partial charge in [0.1, 0.15) is 6.29 Å². The monoisotopic (exact) mass is 279 g/mol. The van der Waals surface area contributed by atoms with Gasteiger partial charge in [0.15, 0.2) is 0 Å². The number of nitrogens with one attached hydrogen (secondary N) is 1. The molecule has 1 unspecified atom stereocenters. The van der Waals surface area contributed by atoms with Crippen LogP contribution in [0.15, 0.2) is 18.2 Å². The number of piperazine rings is 1. The fourth-order valence-corrected chi connectivity index (χ4v) is 2.98. The second-order valence-electron chi connectivity index (χ2n) is 4.81. The lowest BCUT2D eigenvalue weighted by atomic mass is 10.1. The fraction of sp³-hybridized carbons (Fsp3) is 0.385. The van der Waals surface area contributed by atoms with Gasteiger partial charge in [0.2, 0.25) is 0 Å². The van der Waals surface area contributed by atoms with E-state index < -0.39 is 0 Å². The van der Waals surface area contributed by atoms with Crippen molar-refractivity contribution in [2.75, 3.05) is 31.1 Å². The van der Waals surface area contributed by atoms with Gasteiger partial charge < -0.3 is 15.1 Å². The molecule has 0 saturated carbocycles. The van der Waals surface area contributed by atoms with Crippen LogP contribution >= 0.6 is 11.6 Å². The fourth-order valence-electron chi connectivity index (χ4n) is 2.68. The number of aldehydes is 1. The van der Waals surface area contributed by atoms with Crippen molar-refractivity contribution in [3.63, 3.8) is 0 Å². The van der Waals surface area contributed by atoms with Crippen LogP contribution in [-0.4, -0.2) is 49.4 Å². The number of halogens is 1. The van der Waals surface area contributed by atoms with Crippen molar-refractivity contribution in [1.29, 1.82) is 0 Å². The van der Waals surface area contributed by atoms with E-state index in [4.69, 9.17) is 11.6 Å². The molecule has 2 amide bonds. The minimum atomic E-state index is 0.0204. The molecule has 0 radical (unpaired) electrons. The quantitative estimate of drug-likeness (QED) is 0.832. The maximum absolute atomic E-state index is 11.5. The number of carbonyl (C=O) groups is 2. The average molecular weight is 280 g/mol. The molecule has 1 aromatic rings. The zero-order chi connectivity index (χ0) is 13.4. The predicted octanol–water partition coefficient (Wildman–Crippen LogP) is 1.37. The van der Waals surface area contributed by atoms with Crippen LogP contribution < -0.4 is 10.2 Å². The van der Waals surface area contributed by atoms with Gasteiger partial charge in [-0.2, -0.15) is 0 Å². The lowest BCUT2D eigenvalue weighted by Gasteiger charge is -2.38. The summed E-state index contributed by atoms with van der Waals surface area (Å²) in [4.78, 5) is 26.3. The third kappa shape index (κ3) is 2.14. The van der Waals surface area contributed by atoms with Crippen LogP contribution in [0.2, 0.25) is 5.02 Å². The highest BCUT2D eigenvalue weighted by Gasteiger charge is 2.35. The van der Waals surface area contributed by atoms with Crippen LogP contribution in [0.3, 0.4) is 0 Å². The number of hydrogen-bond acceptors (Lipinski definition) is 3. The predicted molar refractivity (Wildman–Crippen MR) is 72.9 cm³/mol. The molecule has 100 valence electrons. The maximum Gasteiger partial charge on any atom is 0.317 e. The number of rotatable bonds is 2. The van der Waals surface area contributed by atoms with Crippen LogP contribution in [0, 0.1) is 0 Å². The standard InChI is InChI=1S/C13H14ClN3O2/c14-11-5-9(8-18)1-2-12(11)16-3-4-17-10(7-16)6-15-13(17)19/h1-2,5,8,10H,3-4,6-7H2,(H,15,19). The summed E-state index contributed by atoms with van der Waals surface area (Å²) in [6.07, 6.45) is 0.785. The summed E-state index contributed by atoms with van der Waals surface area (Å²) in [6.45, 7) is 2.89. The highest BCUT2D eigenvalue weighted by molar-refractivity contribution is 6.33. The summed E-state index contributed by atoms with van der Waals surface area (Å²) in [5.74, 6) is 0. The molecule has 19 heavy (non-hydrogen) atoms. The van der Waals surface area contributed by atoms with E-state index in [0.29, 0.717) is 23.7 Å². The molecule has 1 atom stereocenters. The number of fused-ring (bicyclic) bond motifs is 1. The van der Waals surface area contributed by atoms with Crippen LogP contribution in [0.5, 0.6) is 0 Å². The Morgan fingerprint density at radius 3 is 2.95 bits per heavy atom. The Morgan fingerprint density at radius 2 is 2.21 bits per heavy atom. The molecule has 0 bridgehead atoms. The first-order valence-electron chi connectivity index (χ1n) is 6.23. The van der Waals surface area contributed by atoms with Crippen molar-refractivity contribution in [2.45, 2.75) is 6.04 Å². The molecule has 0 aliphatic carbocycles. The number of nitrogens with zero attached hydrogens (tertiary/aromatic N) is 2. The average Bonchev–Trinajstić information content (AvgIpc) is 2.79. The smallest absolute Gasteiger partial charge is 0.317 e. The van der Waals surface area contributed by atoms with Crippen molar-refractivity contribution in [3.05, 3.63) is 28.8 Å². The van der Waals surface area contributed by atoms with E-state index in [9.17, 15) is 9.59 Å². The Labute approximate surface area is 116 Å². The lowest BCUT2D eigenvalue weighted by molar-refractivity contribution is 0.112. The molecule has 2 aliphatic heterocycles. The molecule has 1 N–H and O–H groups in total. The number of anilines is 1. The van der Waals surface area contributed by atoms with Gasteiger partial charge in [0.05, 0.1) is 16.8 Å². The van der Waals surface area contributed by atoms with Gasteiger partial charge in [-0.3, -0.25) is 4.79 Å². The van der Waals surface area contributed by atoms with E-state index >= 15 is 0 Å². The highest BCUT2D eigenvalue weighted by Crippen LogP contribution is 2.29. The Hall–Kier alpha value is -1.75. The van der Waals surface area contributed by atoms with E-state index in [0.717, 1.165) is 25.1 Å². The Morgan fingerprint density at radius 1 is 1.37 bits per heavy atom. The summed E-state index contributed by atoms with van der Waals surface area (Å²) < 4.78 is 0. The van der Waals surface area contributed by atoms with Crippen molar-refractivity contribution in [2.24, 2.45) is 0 Å². The van der Waals surface area contributed by atoms with Gasteiger partial charge >= 0.3 is 6.03 Å². The van der Waals surface area contributed by atoms with E-state index in [1.54, 1.807) is 12.1 Å². The normalized spacial score (nSPS) is 22.2. The number of amides is 2. The number of benzene rings is 1. The largest absolute Gasteiger partial charge is 0.366 e. The Kier molecular flexibility index (Phi) is 3.06. The summed E-state index contributed by atoms with van der Waals surface area (Å²) >= 11 is 6.22. The first-order chi connectivity index (χ1) is 9.19. The molecule has 2 saturated heterocycles. The molecular weight excluding hydrogens is 266 g/mol. The molecule has 2 heterocycles. The SMILES string of the molecule is O=Cc1ccc(N2CCN3C(=O)NCC3C2)c(Cl)c1. The van der Waals surface area contributed by atoms with Gasteiger partial charge in [-0.05, 0) is 18.2 Å². The Balaban J connectivity index is 1.80. The third-order valence-electron chi connectivity index (χ3n) is 3.68. The first kappa shape index (κ1) is 12.3. The van der Waals surface area contributed by atoms with Crippen LogP contribution in [-0.2, 0) is 0 Å². The maximum atomic E-state index is 11.5. The minimum absolute atomic E-state index is 0.0204. The van der Waals surface area contributed by atoms with Gasteiger partial charge in [0, 0.05) is 31.7 Å². The second kappa shape index (κ2) is 4.74. The van der Waals surface area contributed by atoms with Crippen LogP contribution in [0.4, 0.5) is 10.5 Å². The van der Waals surface area contributed by atoms with Crippen LogP contribution in [0.1, 0.15) is 10.4 Å². The molecule has 6 heteroatoms. The molecular formula is C13H14ClN3O2. The molecule has 3 rings (SSSR count). The summed E-state index contributed by atoms with van der Waals surface area (Å²) in [6, 6.07) is 5.52. The minimum Gasteiger partial charge on any atom is -0.366 e. The molecule has 0 aromatic heterocycles. The summed E-state index contributed by atoms with van der Waals surface area (Å²) in [5, 5.41) is 3.43. The molecule has 5 nitrogen and oxygen atoms in total. The second-order valence-corrected chi connectivity index (χ2v) is 5.22. The van der Waals surface area contributed by atoms with E-state index in [1.165, 1.54) is 0 Å². The van der Waals surface area contributed by atoms with Gasteiger partial charge in [-0.1, -0.05) is 11.6 Å². The lowest BCUT2D eigenvalue weighted by Crippen LogP contribution is -2.52. The number of urea groups is 1. The van der Waals surface area contributed by atoms with E-state index in [1.807, 2.05) is 11.0 Å². The topological polar surface area (TPSA) is 52.7 Å². The first-order valence-corrected chi connectivity index (χ1v) is 6.61. The van der Waals surface area contributed by atoms with Crippen LogP contribution in [0.25, 0.3) is 0 Å². The van der Waals surface area contributed by atoms with Gasteiger partial charge in [-0.25, -0.2) is 4.79 Å². The van der Waals surface area contributed by atoms with Gasteiger partial charge in [0.25, 0.3) is 0 Å². The molecule has 1 aromatic carbocycles. The van der Waals surface area contributed by atoms with Crippen molar-refractivity contribution < 1.29 is 9.59 Å². The number of hydrogen-bond donors (Lipinski definition) is 1. The molecule has 2 fully saturated rings. The van der Waals surface area contributed by atoms with Gasteiger partial charge in [-0.15, -0.1) is 0 Å². The van der Waals surface area contributed by atoms with E-state index in [2.05, 4.69) is 10.2 Å². The number of carbonyl (C=O) groups excluding carboxylic acids is 2. The van der Waals surface area contributed by atoms with Crippen molar-refractivity contribution in [3.8, 4) is 0 Å². The van der Waals surface area contributed by atoms with Crippen molar-refractivity contribution in [1.82, 2.24) is 10.2 Å². The Bertz CT molecular complexity index is 535. The molecule has 0 spiro atoms. The van der Waals surface area contributed by atoms with Crippen molar-refractivity contribution >= 4 is 29.6 Å². The highest BCUT2D eigenvalue weighted by atomic mass is 35.5. The summed E-state index contributed by atoms with van der Waals surface area (Å²) in [5.41, 5.74) is 1.50. The summed E-state index contributed by atoms with van der Waals surface area (Å²) in [7, 11) is 0. The van der Waals surface area contributed by atoms with E-state index in [-0.39, 0.29) is 12.1 Å². The molecule has 2 aliphatic rings.